The molecule has 2 aromatic carbocycles. The number of carbonyl (C=O) groups is 1. The van der Waals surface area contributed by atoms with Gasteiger partial charge in [0.15, 0.2) is 0 Å². The summed E-state index contributed by atoms with van der Waals surface area (Å²) in [6, 6.07) is 16.3. The van der Waals surface area contributed by atoms with Crippen molar-refractivity contribution in [2.24, 2.45) is 0 Å². The van der Waals surface area contributed by atoms with Crippen LogP contribution in [0.3, 0.4) is 0 Å². The van der Waals surface area contributed by atoms with E-state index in [9.17, 15) is 4.79 Å². The molecule has 0 aliphatic carbocycles. The van der Waals surface area contributed by atoms with Gasteiger partial charge in [0.2, 0.25) is 0 Å². The largest absolute Gasteiger partial charge is 0.366 e. The second-order valence-corrected chi connectivity index (χ2v) is 6.24. The van der Waals surface area contributed by atoms with Crippen molar-refractivity contribution < 1.29 is 4.79 Å². The zero-order valence-corrected chi connectivity index (χ0v) is 13.5. The second-order valence-electron chi connectivity index (χ2n) is 6.24. The minimum absolute atomic E-state index is 0.110. The zero-order valence-electron chi connectivity index (χ0n) is 13.5. The van der Waals surface area contributed by atoms with Crippen LogP contribution in [-0.2, 0) is 13.1 Å². The van der Waals surface area contributed by atoms with E-state index in [0.29, 0.717) is 13.1 Å². The number of nitrogens with one attached hydrogen (secondary N) is 2. The van der Waals surface area contributed by atoms with E-state index >= 15 is 0 Å². The number of aromatic nitrogens is 1. The van der Waals surface area contributed by atoms with Crippen molar-refractivity contribution in [3.63, 3.8) is 0 Å². The molecule has 1 aliphatic rings. The first-order chi connectivity index (χ1) is 11.7. The van der Waals surface area contributed by atoms with E-state index in [-0.39, 0.29) is 5.91 Å². The number of aryl methyl sites for hydroxylation is 1. The molecular weight excluding hydrogens is 298 g/mol. The highest BCUT2D eigenvalue weighted by Crippen LogP contribution is 2.28. The van der Waals surface area contributed by atoms with Crippen LogP contribution in [0.25, 0.3) is 0 Å². The number of nitrogens with zero attached hydrogens (tertiary/aromatic N) is 1. The lowest BCUT2D eigenvalue weighted by atomic mass is 10.1. The molecule has 1 aromatic heterocycles. The zero-order chi connectivity index (χ0) is 16.5. The van der Waals surface area contributed by atoms with Gasteiger partial charge in [-0.25, -0.2) is 0 Å². The van der Waals surface area contributed by atoms with Gasteiger partial charge in [-0.2, -0.15) is 0 Å². The Balaban J connectivity index is 1.52. The van der Waals surface area contributed by atoms with Crippen molar-refractivity contribution in [1.82, 2.24) is 9.88 Å². The summed E-state index contributed by atoms with van der Waals surface area (Å²) in [5, 5.41) is 3.34. The number of hydrogen-bond donors (Lipinski definition) is 2. The average Bonchev–Trinajstić information content (AvgIpc) is 3.19. The van der Waals surface area contributed by atoms with Crippen LogP contribution in [0, 0.1) is 6.92 Å². The maximum Gasteiger partial charge on any atom is 0.254 e. The Hall–Kier alpha value is -3.01. The monoisotopic (exact) mass is 317 g/mol. The molecule has 2 heterocycles. The lowest BCUT2D eigenvalue weighted by Gasteiger charge is -2.15. The van der Waals surface area contributed by atoms with Gasteiger partial charge in [0.25, 0.3) is 5.91 Å². The first-order valence-electron chi connectivity index (χ1n) is 8.06. The van der Waals surface area contributed by atoms with E-state index in [0.717, 1.165) is 28.1 Å². The predicted octanol–water partition coefficient (Wildman–Crippen LogP) is 4.22. The van der Waals surface area contributed by atoms with Crippen LogP contribution in [0.4, 0.5) is 11.4 Å². The standard InChI is InChI=1S/C20H19N3O/c1-14-2-4-15(5-3-14)12-23-13-16-10-17(6-7-19(16)20(23)24)22-18-8-9-21-11-18/h2-11,21-22H,12-13H2,1H3. The molecule has 0 saturated carbocycles. The lowest BCUT2D eigenvalue weighted by Crippen LogP contribution is -2.23. The fourth-order valence-electron chi connectivity index (χ4n) is 3.07. The Labute approximate surface area is 141 Å². The van der Waals surface area contributed by atoms with Crippen LogP contribution in [0.15, 0.2) is 60.9 Å². The third-order valence-electron chi connectivity index (χ3n) is 4.36. The SMILES string of the molecule is Cc1ccc(CN2Cc3cc(Nc4cc[nH]c4)ccc3C2=O)cc1. The number of carbonyl (C=O) groups excluding carboxylic acids is 1. The van der Waals surface area contributed by atoms with Crippen LogP contribution in [0.5, 0.6) is 0 Å². The lowest BCUT2D eigenvalue weighted by molar-refractivity contribution is 0.0766. The van der Waals surface area contributed by atoms with E-state index in [4.69, 9.17) is 0 Å². The van der Waals surface area contributed by atoms with Crippen LogP contribution >= 0.6 is 0 Å². The summed E-state index contributed by atoms with van der Waals surface area (Å²) >= 11 is 0. The van der Waals surface area contributed by atoms with Gasteiger partial charge in [0.1, 0.15) is 0 Å². The highest BCUT2D eigenvalue weighted by molar-refractivity contribution is 5.98. The molecule has 0 saturated heterocycles. The quantitative estimate of drug-likeness (QED) is 0.757. The van der Waals surface area contributed by atoms with Gasteiger partial charge in [0.05, 0.1) is 5.69 Å². The number of fused-ring (bicyclic) bond motifs is 1. The van der Waals surface area contributed by atoms with Crippen LogP contribution in [0.1, 0.15) is 27.0 Å². The fraction of sp³-hybridized carbons (Fsp3) is 0.150. The Kier molecular flexibility index (Phi) is 3.58. The molecule has 120 valence electrons. The van der Waals surface area contributed by atoms with Crippen molar-refractivity contribution in [2.45, 2.75) is 20.0 Å². The van der Waals surface area contributed by atoms with E-state index in [2.05, 4.69) is 47.6 Å². The molecule has 0 spiro atoms. The molecule has 0 unspecified atom stereocenters. The number of rotatable bonds is 4. The number of amides is 1. The summed E-state index contributed by atoms with van der Waals surface area (Å²) in [5.74, 6) is 0.110. The van der Waals surface area contributed by atoms with Crippen LogP contribution < -0.4 is 5.32 Å². The van der Waals surface area contributed by atoms with E-state index in [1.165, 1.54) is 5.56 Å². The Bertz CT molecular complexity index is 866. The summed E-state index contributed by atoms with van der Waals surface area (Å²) in [5.41, 5.74) is 6.28. The molecule has 4 nitrogen and oxygen atoms in total. The van der Waals surface area contributed by atoms with Gasteiger partial charge in [-0.3, -0.25) is 4.79 Å². The van der Waals surface area contributed by atoms with Crippen LogP contribution in [-0.4, -0.2) is 15.8 Å². The number of aromatic amines is 1. The minimum atomic E-state index is 0.110. The summed E-state index contributed by atoms with van der Waals surface area (Å²) in [6.45, 7) is 3.37. The molecule has 4 heteroatoms. The van der Waals surface area contributed by atoms with E-state index in [1.807, 2.05) is 35.5 Å². The maximum atomic E-state index is 12.6. The highest BCUT2D eigenvalue weighted by atomic mass is 16.2. The van der Waals surface area contributed by atoms with Gasteiger partial charge in [-0.05, 0) is 42.3 Å². The van der Waals surface area contributed by atoms with Gasteiger partial charge in [-0.15, -0.1) is 0 Å². The van der Waals surface area contributed by atoms with Gasteiger partial charge >= 0.3 is 0 Å². The molecule has 0 fully saturated rings. The minimum Gasteiger partial charge on any atom is -0.366 e. The summed E-state index contributed by atoms with van der Waals surface area (Å²) < 4.78 is 0. The normalized spacial score (nSPS) is 13.2. The fourth-order valence-corrected chi connectivity index (χ4v) is 3.07. The van der Waals surface area contributed by atoms with Gasteiger partial charge in [-0.1, -0.05) is 29.8 Å². The molecule has 1 aliphatic heterocycles. The smallest absolute Gasteiger partial charge is 0.254 e. The Morgan fingerprint density at radius 2 is 1.92 bits per heavy atom. The van der Waals surface area contributed by atoms with Gasteiger partial charge < -0.3 is 15.2 Å². The summed E-state index contributed by atoms with van der Waals surface area (Å²) in [7, 11) is 0. The summed E-state index contributed by atoms with van der Waals surface area (Å²) in [6.07, 6.45) is 3.78. The first-order valence-corrected chi connectivity index (χ1v) is 8.06. The van der Waals surface area contributed by atoms with Crippen molar-refractivity contribution in [2.75, 3.05) is 5.32 Å². The third kappa shape index (κ3) is 2.78. The van der Waals surface area contributed by atoms with Crippen molar-refractivity contribution in [3.05, 3.63) is 83.2 Å². The van der Waals surface area contributed by atoms with Crippen LogP contribution in [0.2, 0.25) is 0 Å². The first kappa shape index (κ1) is 14.6. The maximum absolute atomic E-state index is 12.6. The number of H-pyrrole nitrogens is 1. The average molecular weight is 317 g/mol. The molecule has 2 N–H and O–H groups in total. The third-order valence-corrected chi connectivity index (χ3v) is 4.36. The molecule has 3 aromatic rings. The van der Waals surface area contributed by atoms with Crippen molar-refractivity contribution >= 4 is 17.3 Å². The second kappa shape index (κ2) is 5.89. The number of anilines is 2. The molecule has 0 bridgehead atoms. The Morgan fingerprint density at radius 3 is 2.67 bits per heavy atom. The van der Waals surface area contributed by atoms with Crippen molar-refractivity contribution in [3.8, 4) is 0 Å². The molecule has 0 atom stereocenters. The number of benzene rings is 2. The Morgan fingerprint density at radius 1 is 1.08 bits per heavy atom. The molecule has 1 amide bonds. The highest BCUT2D eigenvalue weighted by Gasteiger charge is 2.27. The molecule has 4 rings (SSSR count). The van der Waals surface area contributed by atoms with Crippen molar-refractivity contribution in [1.29, 1.82) is 0 Å². The van der Waals surface area contributed by atoms with E-state index < -0.39 is 0 Å². The van der Waals surface area contributed by atoms with E-state index in [1.54, 1.807) is 0 Å². The molecule has 24 heavy (non-hydrogen) atoms. The topological polar surface area (TPSA) is 48.1 Å². The molecule has 0 radical (unpaired) electrons. The summed E-state index contributed by atoms with van der Waals surface area (Å²) in [4.78, 5) is 17.5. The number of hydrogen-bond acceptors (Lipinski definition) is 2. The van der Waals surface area contributed by atoms with Gasteiger partial charge in [0, 0.05) is 36.7 Å². The predicted molar refractivity (Wildman–Crippen MR) is 95.3 cm³/mol. The molecular formula is C20H19N3O.